The number of halogens is 1. The largest absolute Gasteiger partial charge is 0.391 e. The Hall–Kier alpha value is -0.800. The van der Waals surface area contributed by atoms with Crippen LogP contribution < -0.4 is 0 Å². The topological polar surface area (TPSA) is 25.2 Å². The molecule has 0 amide bonds. The van der Waals surface area contributed by atoms with Gasteiger partial charge in [0.05, 0.1) is 6.10 Å². The van der Waals surface area contributed by atoms with Crippen molar-refractivity contribution in [3.05, 3.63) is 34.9 Å². The van der Waals surface area contributed by atoms with Crippen LogP contribution in [0.3, 0.4) is 0 Å². The molecule has 3 heteroatoms. The number of hydrogen-bond donors (Lipinski definition) is 1. The monoisotopic (exact) mass is 295 g/mol. The van der Waals surface area contributed by atoms with Crippen LogP contribution in [-0.2, 0) is 6.54 Å². The Morgan fingerprint density at radius 2 is 2.00 bits per heavy atom. The van der Waals surface area contributed by atoms with E-state index in [1.54, 1.807) is 0 Å². The molecule has 1 atom stereocenters. The molecule has 17 heavy (non-hydrogen) atoms. The summed E-state index contributed by atoms with van der Waals surface area (Å²) in [6.45, 7) is 6.79. The number of nitrogens with zero attached hydrogens (tertiary/aromatic N) is 1. The number of rotatable bonds is 2. The summed E-state index contributed by atoms with van der Waals surface area (Å²) >= 11 is 3.48. The minimum atomic E-state index is -0.350. The predicted octanol–water partition coefficient (Wildman–Crippen LogP) is 3.81. The van der Waals surface area contributed by atoms with Crippen LogP contribution >= 0.6 is 15.9 Å². The molecule has 0 bridgehead atoms. The second-order valence-corrected chi connectivity index (χ2v) is 6.47. The van der Waals surface area contributed by atoms with Gasteiger partial charge < -0.3 is 9.67 Å². The summed E-state index contributed by atoms with van der Waals surface area (Å²) in [5.41, 5.74) is 1.06. The Morgan fingerprint density at radius 1 is 1.29 bits per heavy atom. The average Bonchev–Trinajstić information content (AvgIpc) is 2.60. The zero-order chi connectivity index (χ0) is 12.6. The van der Waals surface area contributed by atoms with Gasteiger partial charge in [-0.25, -0.2) is 0 Å². The van der Waals surface area contributed by atoms with Crippen LogP contribution in [-0.4, -0.2) is 15.8 Å². The third kappa shape index (κ3) is 2.72. The molecular weight excluding hydrogens is 278 g/mol. The summed E-state index contributed by atoms with van der Waals surface area (Å²) in [4.78, 5) is 0. The van der Waals surface area contributed by atoms with E-state index in [9.17, 15) is 5.11 Å². The molecule has 0 saturated heterocycles. The molecule has 0 fully saturated rings. The van der Waals surface area contributed by atoms with Crippen molar-refractivity contribution in [2.75, 3.05) is 0 Å². The smallest absolute Gasteiger partial charge is 0.0767 e. The van der Waals surface area contributed by atoms with Gasteiger partial charge in [-0.15, -0.1) is 0 Å². The molecule has 0 radical (unpaired) electrons. The number of benzene rings is 1. The first-order chi connectivity index (χ1) is 7.88. The van der Waals surface area contributed by atoms with E-state index in [-0.39, 0.29) is 11.5 Å². The summed E-state index contributed by atoms with van der Waals surface area (Å²) in [6.07, 6.45) is 1.68. The SMILES string of the molecule is CC(C)(C)C(O)Cn1ccc2ccc(Br)cc21. The minimum absolute atomic E-state index is 0.0946. The van der Waals surface area contributed by atoms with Gasteiger partial charge in [-0.2, -0.15) is 0 Å². The molecule has 92 valence electrons. The Balaban J connectivity index is 2.33. The third-order valence-electron chi connectivity index (χ3n) is 3.11. The van der Waals surface area contributed by atoms with Gasteiger partial charge in [-0.3, -0.25) is 0 Å². The lowest BCUT2D eigenvalue weighted by Gasteiger charge is -2.26. The van der Waals surface area contributed by atoms with Crippen LogP contribution in [0.5, 0.6) is 0 Å². The molecule has 2 nitrogen and oxygen atoms in total. The number of aliphatic hydroxyl groups excluding tert-OH is 1. The molecule has 2 rings (SSSR count). The third-order valence-corrected chi connectivity index (χ3v) is 3.60. The molecule has 0 spiro atoms. The summed E-state index contributed by atoms with van der Waals surface area (Å²) in [6, 6.07) is 8.29. The molecule has 1 unspecified atom stereocenters. The maximum absolute atomic E-state index is 10.2. The standard InChI is InChI=1S/C14H18BrNO/c1-14(2,3)13(17)9-16-7-6-10-4-5-11(15)8-12(10)16/h4-8,13,17H,9H2,1-3H3. The lowest BCUT2D eigenvalue weighted by Crippen LogP contribution is -2.30. The van der Waals surface area contributed by atoms with E-state index in [4.69, 9.17) is 0 Å². The second kappa shape index (κ2) is 4.46. The van der Waals surface area contributed by atoms with Crippen LogP contribution in [0.1, 0.15) is 20.8 Å². The number of aromatic nitrogens is 1. The Bertz CT molecular complexity index is 524. The highest BCUT2D eigenvalue weighted by molar-refractivity contribution is 9.10. The van der Waals surface area contributed by atoms with Crippen molar-refractivity contribution in [3.8, 4) is 0 Å². The van der Waals surface area contributed by atoms with Gasteiger partial charge in [-0.05, 0) is 29.0 Å². The van der Waals surface area contributed by atoms with Crippen molar-refractivity contribution in [3.63, 3.8) is 0 Å². The molecule has 2 aromatic rings. The highest BCUT2D eigenvalue weighted by Gasteiger charge is 2.22. The minimum Gasteiger partial charge on any atom is -0.391 e. The maximum Gasteiger partial charge on any atom is 0.0767 e. The van der Waals surface area contributed by atoms with Crippen LogP contribution in [0.4, 0.5) is 0 Å². The van der Waals surface area contributed by atoms with Crippen molar-refractivity contribution < 1.29 is 5.11 Å². The predicted molar refractivity (Wildman–Crippen MR) is 75.1 cm³/mol. The van der Waals surface area contributed by atoms with Crippen LogP contribution in [0.25, 0.3) is 10.9 Å². The van der Waals surface area contributed by atoms with E-state index < -0.39 is 0 Å². The fraction of sp³-hybridized carbons (Fsp3) is 0.429. The van der Waals surface area contributed by atoms with Gasteiger partial charge in [0.15, 0.2) is 0 Å². The molecule has 1 aromatic carbocycles. The van der Waals surface area contributed by atoms with Crippen molar-refractivity contribution in [2.45, 2.75) is 33.4 Å². The van der Waals surface area contributed by atoms with Crippen molar-refractivity contribution in [1.29, 1.82) is 0 Å². The van der Waals surface area contributed by atoms with Gasteiger partial charge in [-0.1, -0.05) is 42.8 Å². The van der Waals surface area contributed by atoms with E-state index >= 15 is 0 Å². The number of aliphatic hydroxyl groups is 1. The lowest BCUT2D eigenvalue weighted by molar-refractivity contribution is 0.0491. The van der Waals surface area contributed by atoms with E-state index in [1.165, 1.54) is 5.39 Å². The summed E-state index contributed by atoms with van der Waals surface area (Å²) in [5, 5.41) is 11.4. The summed E-state index contributed by atoms with van der Waals surface area (Å²) in [7, 11) is 0. The van der Waals surface area contributed by atoms with Crippen LogP contribution in [0.15, 0.2) is 34.9 Å². The zero-order valence-electron chi connectivity index (χ0n) is 10.4. The first kappa shape index (κ1) is 12.7. The Morgan fingerprint density at radius 3 is 2.65 bits per heavy atom. The summed E-state index contributed by atoms with van der Waals surface area (Å²) in [5.74, 6) is 0. The van der Waals surface area contributed by atoms with Crippen molar-refractivity contribution in [2.24, 2.45) is 5.41 Å². The molecule has 0 aliphatic carbocycles. The highest BCUT2D eigenvalue weighted by atomic mass is 79.9. The van der Waals surface area contributed by atoms with Gasteiger partial charge >= 0.3 is 0 Å². The molecule has 0 saturated carbocycles. The second-order valence-electron chi connectivity index (χ2n) is 5.55. The van der Waals surface area contributed by atoms with Gasteiger partial charge in [0.2, 0.25) is 0 Å². The van der Waals surface area contributed by atoms with Crippen LogP contribution in [0.2, 0.25) is 0 Å². The van der Waals surface area contributed by atoms with Crippen molar-refractivity contribution in [1.82, 2.24) is 4.57 Å². The molecule has 0 aliphatic heterocycles. The fourth-order valence-corrected chi connectivity index (χ4v) is 2.13. The number of fused-ring (bicyclic) bond motifs is 1. The average molecular weight is 296 g/mol. The fourth-order valence-electron chi connectivity index (χ4n) is 1.78. The van der Waals surface area contributed by atoms with E-state index in [0.29, 0.717) is 6.54 Å². The van der Waals surface area contributed by atoms with Crippen molar-refractivity contribution >= 4 is 26.8 Å². The first-order valence-corrected chi connectivity index (χ1v) is 6.60. The Kier molecular flexibility index (Phi) is 3.32. The molecule has 1 aromatic heterocycles. The van der Waals surface area contributed by atoms with Gasteiger partial charge in [0, 0.05) is 22.7 Å². The number of hydrogen-bond acceptors (Lipinski definition) is 1. The molecule has 1 heterocycles. The van der Waals surface area contributed by atoms with Gasteiger partial charge in [0.1, 0.15) is 0 Å². The molecule has 0 aliphatic rings. The van der Waals surface area contributed by atoms with E-state index in [1.807, 2.05) is 12.3 Å². The normalized spacial score (nSPS) is 14.2. The first-order valence-electron chi connectivity index (χ1n) is 5.80. The Labute approximate surface area is 110 Å². The zero-order valence-corrected chi connectivity index (χ0v) is 12.0. The molecule has 1 N–H and O–H groups in total. The molecular formula is C14H18BrNO. The lowest BCUT2D eigenvalue weighted by atomic mass is 9.89. The maximum atomic E-state index is 10.2. The van der Waals surface area contributed by atoms with E-state index in [2.05, 4.69) is 59.5 Å². The quantitative estimate of drug-likeness (QED) is 0.895. The van der Waals surface area contributed by atoms with E-state index in [0.717, 1.165) is 9.99 Å². The van der Waals surface area contributed by atoms with Gasteiger partial charge in [0.25, 0.3) is 0 Å². The van der Waals surface area contributed by atoms with Crippen LogP contribution in [0, 0.1) is 5.41 Å². The summed E-state index contributed by atoms with van der Waals surface area (Å²) < 4.78 is 3.17. The highest BCUT2D eigenvalue weighted by Crippen LogP contribution is 2.25.